The van der Waals surface area contributed by atoms with Gasteiger partial charge in [0.25, 0.3) is 0 Å². The first-order valence-corrected chi connectivity index (χ1v) is 9.32. The van der Waals surface area contributed by atoms with Crippen LogP contribution in [0.15, 0.2) is 16.3 Å². The van der Waals surface area contributed by atoms with Gasteiger partial charge >= 0.3 is 0 Å². The van der Waals surface area contributed by atoms with E-state index in [0.717, 1.165) is 17.7 Å². The molecule has 1 aromatic rings. The molecule has 1 aliphatic carbocycles. The van der Waals surface area contributed by atoms with Crippen molar-refractivity contribution in [3.63, 3.8) is 0 Å². The minimum Gasteiger partial charge on any atom is -0.377 e. The third kappa shape index (κ3) is 4.53. The van der Waals surface area contributed by atoms with Gasteiger partial charge in [-0.25, -0.2) is 13.1 Å². The van der Waals surface area contributed by atoms with Gasteiger partial charge in [0, 0.05) is 11.4 Å². The normalized spacial score (nSPS) is 16.9. The lowest BCUT2D eigenvalue weighted by atomic mass is 10.3. The van der Waals surface area contributed by atoms with Crippen LogP contribution in [0.3, 0.4) is 0 Å². The van der Waals surface area contributed by atoms with Gasteiger partial charge in [0.15, 0.2) is 0 Å². The standard InChI is InChI=1S/C13H22N2O3S2/c14-8-7-12-5-6-13(19-12)20(16,17)15-9-10-18-11-3-1-2-4-11/h5-6,11,15H,1-4,7-10,14H2. The van der Waals surface area contributed by atoms with Crippen LogP contribution in [0.25, 0.3) is 0 Å². The van der Waals surface area contributed by atoms with Crippen molar-refractivity contribution in [1.82, 2.24) is 4.72 Å². The highest BCUT2D eigenvalue weighted by molar-refractivity contribution is 7.91. The van der Waals surface area contributed by atoms with Crippen LogP contribution < -0.4 is 10.5 Å². The molecule has 3 N–H and O–H groups in total. The molecule has 5 nitrogen and oxygen atoms in total. The molecule has 114 valence electrons. The van der Waals surface area contributed by atoms with Crippen molar-refractivity contribution in [1.29, 1.82) is 0 Å². The summed E-state index contributed by atoms with van der Waals surface area (Å²) in [5.41, 5.74) is 5.46. The topological polar surface area (TPSA) is 81.4 Å². The van der Waals surface area contributed by atoms with Crippen molar-refractivity contribution in [2.24, 2.45) is 5.73 Å². The molecule has 1 aromatic heterocycles. The van der Waals surface area contributed by atoms with Crippen LogP contribution in [0, 0.1) is 0 Å². The van der Waals surface area contributed by atoms with Gasteiger partial charge in [0.05, 0.1) is 12.7 Å². The summed E-state index contributed by atoms with van der Waals surface area (Å²) in [7, 11) is -3.41. The average Bonchev–Trinajstić information content (AvgIpc) is 3.06. The second-order valence-electron chi connectivity index (χ2n) is 4.93. The van der Waals surface area contributed by atoms with E-state index in [9.17, 15) is 8.42 Å². The highest BCUT2D eigenvalue weighted by atomic mass is 32.2. The summed E-state index contributed by atoms with van der Waals surface area (Å²) < 4.78 is 32.7. The van der Waals surface area contributed by atoms with Crippen molar-refractivity contribution in [2.75, 3.05) is 19.7 Å². The molecule has 0 radical (unpaired) electrons. The molecular weight excluding hydrogens is 296 g/mol. The number of sulfonamides is 1. The van der Waals surface area contributed by atoms with Crippen molar-refractivity contribution in [3.05, 3.63) is 17.0 Å². The van der Waals surface area contributed by atoms with Crippen LogP contribution in [0.1, 0.15) is 30.6 Å². The van der Waals surface area contributed by atoms with Crippen molar-refractivity contribution in [2.45, 2.75) is 42.4 Å². The first-order chi connectivity index (χ1) is 9.62. The van der Waals surface area contributed by atoms with E-state index in [-0.39, 0.29) is 0 Å². The third-order valence-corrected chi connectivity index (χ3v) is 6.44. The van der Waals surface area contributed by atoms with Crippen LogP contribution in [0.2, 0.25) is 0 Å². The quantitative estimate of drug-likeness (QED) is 0.712. The van der Waals surface area contributed by atoms with Crippen molar-refractivity contribution >= 4 is 21.4 Å². The Labute approximate surface area is 124 Å². The number of nitrogens with one attached hydrogen (secondary N) is 1. The Bertz CT molecular complexity index is 507. The molecule has 1 saturated carbocycles. The first kappa shape index (κ1) is 15.9. The minimum atomic E-state index is -3.41. The second-order valence-corrected chi connectivity index (χ2v) is 8.10. The molecule has 0 unspecified atom stereocenters. The van der Waals surface area contributed by atoms with E-state index < -0.39 is 10.0 Å². The highest BCUT2D eigenvalue weighted by Crippen LogP contribution is 2.22. The Morgan fingerprint density at radius 1 is 1.35 bits per heavy atom. The molecule has 7 heteroatoms. The van der Waals surface area contributed by atoms with E-state index in [1.807, 2.05) is 6.07 Å². The molecule has 0 aromatic carbocycles. The first-order valence-electron chi connectivity index (χ1n) is 7.02. The smallest absolute Gasteiger partial charge is 0.250 e. The molecule has 0 spiro atoms. The Kier molecular flexibility index (Phi) is 5.98. The van der Waals surface area contributed by atoms with Crippen molar-refractivity contribution < 1.29 is 13.2 Å². The van der Waals surface area contributed by atoms with Crippen LogP contribution >= 0.6 is 11.3 Å². The number of thiophene rings is 1. The van der Waals surface area contributed by atoms with Crippen LogP contribution in [-0.2, 0) is 21.2 Å². The van der Waals surface area contributed by atoms with Gasteiger partial charge in [-0.3, -0.25) is 0 Å². The van der Waals surface area contributed by atoms with Crippen LogP contribution in [-0.4, -0.2) is 34.2 Å². The second kappa shape index (κ2) is 7.51. The maximum absolute atomic E-state index is 12.1. The molecule has 0 amide bonds. The monoisotopic (exact) mass is 318 g/mol. The van der Waals surface area contributed by atoms with Gasteiger partial charge < -0.3 is 10.5 Å². The summed E-state index contributed by atoms with van der Waals surface area (Å²) >= 11 is 1.28. The molecule has 1 aliphatic rings. The van der Waals surface area contributed by atoms with Gasteiger partial charge in [-0.15, -0.1) is 11.3 Å². The van der Waals surface area contributed by atoms with E-state index in [1.54, 1.807) is 6.07 Å². The van der Waals surface area contributed by atoms with Gasteiger partial charge in [-0.1, -0.05) is 12.8 Å². The summed E-state index contributed by atoms with van der Waals surface area (Å²) in [6.45, 7) is 1.29. The molecule has 2 rings (SSSR count). The highest BCUT2D eigenvalue weighted by Gasteiger charge is 2.18. The fraction of sp³-hybridized carbons (Fsp3) is 0.692. The zero-order valence-corrected chi connectivity index (χ0v) is 13.1. The summed E-state index contributed by atoms with van der Waals surface area (Å²) in [5.74, 6) is 0. The lowest BCUT2D eigenvalue weighted by Gasteiger charge is -2.11. The van der Waals surface area contributed by atoms with E-state index in [2.05, 4.69) is 4.72 Å². The average molecular weight is 318 g/mol. The Hall–Kier alpha value is -0.470. The molecule has 1 heterocycles. The molecular formula is C13H22N2O3S2. The maximum atomic E-state index is 12.1. The summed E-state index contributed by atoms with van der Waals surface area (Å²) in [6.07, 6.45) is 5.66. The number of hydrogen-bond donors (Lipinski definition) is 2. The van der Waals surface area contributed by atoms with Gasteiger partial charge in [0.2, 0.25) is 10.0 Å². The van der Waals surface area contributed by atoms with Gasteiger partial charge in [-0.2, -0.15) is 0 Å². The molecule has 0 bridgehead atoms. The molecule has 1 fully saturated rings. The van der Waals surface area contributed by atoms with Crippen LogP contribution in [0.5, 0.6) is 0 Å². The number of nitrogens with two attached hydrogens (primary N) is 1. The number of rotatable bonds is 8. The summed E-state index contributed by atoms with van der Waals surface area (Å²) in [6, 6.07) is 3.46. The minimum absolute atomic E-state index is 0.317. The fourth-order valence-corrected chi connectivity index (χ4v) is 4.74. The van der Waals surface area contributed by atoms with E-state index in [0.29, 0.717) is 36.4 Å². The van der Waals surface area contributed by atoms with Gasteiger partial charge in [-0.05, 0) is 37.9 Å². The lowest BCUT2D eigenvalue weighted by Crippen LogP contribution is -2.28. The molecule has 0 atom stereocenters. The lowest BCUT2D eigenvalue weighted by molar-refractivity contribution is 0.0626. The maximum Gasteiger partial charge on any atom is 0.250 e. The Morgan fingerprint density at radius 3 is 2.80 bits per heavy atom. The van der Waals surface area contributed by atoms with Gasteiger partial charge in [0.1, 0.15) is 4.21 Å². The van der Waals surface area contributed by atoms with Crippen LogP contribution in [0.4, 0.5) is 0 Å². The molecule has 0 saturated heterocycles. The Morgan fingerprint density at radius 2 is 2.10 bits per heavy atom. The third-order valence-electron chi connectivity index (χ3n) is 3.34. The van der Waals surface area contributed by atoms with E-state index in [4.69, 9.17) is 10.5 Å². The summed E-state index contributed by atoms with van der Waals surface area (Å²) in [4.78, 5) is 0.995. The zero-order valence-electron chi connectivity index (χ0n) is 11.5. The predicted octanol–water partition coefficient (Wildman–Crippen LogP) is 1.49. The van der Waals surface area contributed by atoms with E-state index >= 15 is 0 Å². The SMILES string of the molecule is NCCc1ccc(S(=O)(=O)NCCOC2CCCC2)s1. The number of hydrogen-bond acceptors (Lipinski definition) is 5. The molecule has 0 aliphatic heterocycles. The summed E-state index contributed by atoms with van der Waals surface area (Å²) in [5, 5.41) is 0. The fourth-order valence-electron chi connectivity index (χ4n) is 2.31. The molecule has 20 heavy (non-hydrogen) atoms. The van der Waals surface area contributed by atoms with Crippen molar-refractivity contribution in [3.8, 4) is 0 Å². The Balaban J connectivity index is 1.77. The van der Waals surface area contributed by atoms with E-state index in [1.165, 1.54) is 24.2 Å². The number of ether oxygens (including phenoxy) is 1. The zero-order chi connectivity index (χ0) is 14.4. The largest absolute Gasteiger partial charge is 0.377 e. The predicted molar refractivity (Wildman–Crippen MR) is 80.5 cm³/mol.